The molecule has 0 aromatic rings. The summed E-state index contributed by atoms with van der Waals surface area (Å²) in [4.78, 5) is 2.73. The maximum atomic E-state index is 9.75. The minimum Gasteiger partial charge on any atom is -0.394 e. The minimum atomic E-state index is 0.00847. The Morgan fingerprint density at radius 1 is 1.20 bits per heavy atom. The lowest BCUT2D eigenvalue weighted by Crippen LogP contribution is -2.48. The molecule has 0 aromatic heterocycles. The second-order valence-corrected chi connectivity index (χ2v) is 6.99. The van der Waals surface area contributed by atoms with E-state index < -0.39 is 0 Å². The molecule has 1 saturated carbocycles. The summed E-state index contributed by atoms with van der Waals surface area (Å²) in [6, 6.07) is 0.696. The molecule has 0 radical (unpaired) electrons. The largest absolute Gasteiger partial charge is 0.394 e. The Bertz CT molecular complexity index is 284. The van der Waals surface area contributed by atoms with Crippen LogP contribution in [0.25, 0.3) is 0 Å². The molecular formula is C17H34N2O. The summed E-state index contributed by atoms with van der Waals surface area (Å²) in [7, 11) is 0. The molecule has 0 bridgehead atoms. The highest BCUT2D eigenvalue weighted by Gasteiger charge is 2.40. The van der Waals surface area contributed by atoms with Crippen molar-refractivity contribution in [3.05, 3.63) is 0 Å². The molecule has 0 amide bonds. The summed E-state index contributed by atoms with van der Waals surface area (Å²) in [5.41, 5.74) is 0.00847. The molecule has 2 rings (SSSR count). The van der Waals surface area contributed by atoms with Crippen LogP contribution in [-0.4, -0.2) is 47.8 Å². The van der Waals surface area contributed by atoms with Gasteiger partial charge in [-0.25, -0.2) is 0 Å². The molecule has 0 spiro atoms. The van der Waals surface area contributed by atoms with E-state index in [-0.39, 0.29) is 5.54 Å². The Kier molecular flexibility index (Phi) is 6.31. The van der Waals surface area contributed by atoms with Crippen LogP contribution >= 0.6 is 0 Å². The number of rotatable bonds is 6. The Morgan fingerprint density at radius 3 is 2.75 bits per heavy atom. The van der Waals surface area contributed by atoms with Gasteiger partial charge in [0.2, 0.25) is 0 Å². The van der Waals surface area contributed by atoms with E-state index in [2.05, 4.69) is 24.1 Å². The molecular weight excluding hydrogens is 248 g/mol. The fourth-order valence-electron chi connectivity index (χ4n) is 4.39. The number of nitrogens with zero attached hydrogens (tertiary/aromatic N) is 1. The lowest BCUT2D eigenvalue weighted by molar-refractivity contribution is 0.144. The Labute approximate surface area is 125 Å². The quantitative estimate of drug-likeness (QED) is 0.786. The highest BCUT2D eigenvalue weighted by molar-refractivity contribution is 4.99. The van der Waals surface area contributed by atoms with Crippen molar-refractivity contribution in [3.63, 3.8) is 0 Å². The van der Waals surface area contributed by atoms with Gasteiger partial charge in [-0.05, 0) is 64.1 Å². The van der Waals surface area contributed by atoms with E-state index in [1.54, 1.807) is 0 Å². The van der Waals surface area contributed by atoms with Crippen molar-refractivity contribution in [1.29, 1.82) is 0 Å². The predicted molar refractivity (Wildman–Crippen MR) is 85.0 cm³/mol. The summed E-state index contributed by atoms with van der Waals surface area (Å²) >= 11 is 0. The SMILES string of the molecule is CCCC1CCCN(C2CCC(CO)(NCC)C2)CC1. The van der Waals surface area contributed by atoms with E-state index in [0.29, 0.717) is 12.6 Å². The molecule has 3 atom stereocenters. The third-order valence-electron chi connectivity index (χ3n) is 5.53. The molecule has 1 aliphatic heterocycles. The number of aliphatic hydroxyl groups excluding tert-OH is 1. The van der Waals surface area contributed by atoms with Crippen molar-refractivity contribution >= 4 is 0 Å². The first-order chi connectivity index (χ1) is 9.73. The van der Waals surface area contributed by atoms with Gasteiger partial charge < -0.3 is 15.3 Å². The number of likely N-dealkylation sites (tertiary alicyclic amines) is 1. The summed E-state index contributed by atoms with van der Waals surface area (Å²) < 4.78 is 0. The smallest absolute Gasteiger partial charge is 0.0613 e. The van der Waals surface area contributed by atoms with Crippen LogP contribution in [0.1, 0.15) is 65.2 Å². The normalized spacial score (nSPS) is 36.1. The van der Waals surface area contributed by atoms with Crippen molar-refractivity contribution in [2.75, 3.05) is 26.2 Å². The van der Waals surface area contributed by atoms with Gasteiger partial charge in [0.25, 0.3) is 0 Å². The molecule has 1 heterocycles. The van der Waals surface area contributed by atoms with E-state index in [9.17, 15) is 5.11 Å². The third-order valence-corrected chi connectivity index (χ3v) is 5.53. The van der Waals surface area contributed by atoms with Crippen molar-refractivity contribution in [2.45, 2.75) is 76.8 Å². The van der Waals surface area contributed by atoms with Crippen LogP contribution < -0.4 is 5.32 Å². The highest BCUT2D eigenvalue weighted by Crippen LogP contribution is 2.34. The van der Waals surface area contributed by atoms with Gasteiger partial charge in [0.15, 0.2) is 0 Å². The lowest BCUT2D eigenvalue weighted by atomic mass is 9.96. The van der Waals surface area contributed by atoms with E-state index in [4.69, 9.17) is 0 Å². The second-order valence-electron chi connectivity index (χ2n) is 6.99. The fraction of sp³-hybridized carbons (Fsp3) is 1.00. The van der Waals surface area contributed by atoms with Gasteiger partial charge in [-0.2, -0.15) is 0 Å². The van der Waals surface area contributed by atoms with Crippen molar-refractivity contribution in [2.24, 2.45) is 5.92 Å². The molecule has 2 N–H and O–H groups in total. The average Bonchev–Trinajstić information content (AvgIpc) is 2.73. The summed E-state index contributed by atoms with van der Waals surface area (Å²) in [6.07, 6.45) is 10.5. The van der Waals surface area contributed by atoms with Gasteiger partial charge in [-0.1, -0.05) is 26.7 Å². The van der Waals surface area contributed by atoms with Gasteiger partial charge in [0.1, 0.15) is 0 Å². The highest BCUT2D eigenvalue weighted by atomic mass is 16.3. The number of nitrogens with one attached hydrogen (secondary N) is 1. The van der Waals surface area contributed by atoms with Gasteiger partial charge in [0, 0.05) is 11.6 Å². The fourth-order valence-corrected chi connectivity index (χ4v) is 4.39. The molecule has 1 saturated heterocycles. The topological polar surface area (TPSA) is 35.5 Å². The molecule has 1 aliphatic carbocycles. The maximum Gasteiger partial charge on any atom is 0.0613 e. The number of likely N-dealkylation sites (N-methyl/N-ethyl adjacent to an activating group) is 1. The Morgan fingerprint density at radius 2 is 2.05 bits per heavy atom. The molecule has 3 heteroatoms. The zero-order chi connectivity index (χ0) is 14.4. The first-order valence-electron chi connectivity index (χ1n) is 8.83. The van der Waals surface area contributed by atoms with Gasteiger partial charge in [-0.3, -0.25) is 0 Å². The monoisotopic (exact) mass is 282 g/mol. The molecule has 118 valence electrons. The van der Waals surface area contributed by atoms with E-state index in [1.807, 2.05) is 0 Å². The van der Waals surface area contributed by atoms with Crippen LogP contribution in [0.2, 0.25) is 0 Å². The van der Waals surface area contributed by atoms with Crippen LogP contribution in [0.15, 0.2) is 0 Å². The van der Waals surface area contributed by atoms with Crippen LogP contribution in [0.4, 0.5) is 0 Å². The molecule has 20 heavy (non-hydrogen) atoms. The molecule has 2 aliphatic rings. The van der Waals surface area contributed by atoms with Gasteiger partial charge >= 0.3 is 0 Å². The van der Waals surface area contributed by atoms with Crippen LogP contribution in [0.5, 0.6) is 0 Å². The third kappa shape index (κ3) is 3.96. The number of aliphatic hydroxyl groups is 1. The zero-order valence-electron chi connectivity index (χ0n) is 13.5. The first kappa shape index (κ1) is 16.3. The van der Waals surface area contributed by atoms with E-state index in [0.717, 1.165) is 25.3 Å². The predicted octanol–water partition coefficient (Wildman–Crippen LogP) is 2.78. The van der Waals surface area contributed by atoms with E-state index in [1.165, 1.54) is 51.6 Å². The molecule has 3 unspecified atom stereocenters. The van der Waals surface area contributed by atoms with Gasteiger partial charge in [0.05, 0.1) is 6.61 Å². The Balaban J connectivity index is 1.86. The van der Waals surface area contributed by atoms with Crippen molar-refractivity contribution in [3.8, 4) is 0 Å². The van der Waals surface area contributed by atoms with Crippen molar-refractivity contribution in [1.82, 2.24) is 10.2 Å². The summed E-state index contributed by atoms with van der Waals surface area (Å²) in [5.74, 6) is 0.961. The maximum absolute atomic E-state index is 9.75. The van der Waals surface area contributed by atoms with Crippen LogP contribution in [0.3, 0.4) is 0 Å². The summed E-state index contributed by atoms with van der Waals surface area (Å²) in [6.45, 7) is 8.27. The van der Waals surface area contributed by atoms with E-state index >= 15 is 0 Å². The zero-order valence-corrected chi connectivity index (χ0v) is 13.5. The van der Waals surface area contributed by atoms with Crippen LogP contribution in [-0.2, 0) is 0 Å². The van der Waals surface area contributed by atoms with Crippen LogP contribution in [0, 0.1) is 5.92 Å². The molecule has 3 nitrogen and oxygen atoms in total. The number of hydrogen-bond donors (Lipinski definition) is 2. The average molecular weight is 282 g/mol. The van der Waals surface area contributed by atoms with Gasteiger partial charge in [-0.15, -0.1) is 0 Å². The Hall–Kier alpha value is -0.120. The molecule has 0 aromatic carbocycles. The first-order valence-corrected chi connectivity index (χ1v) is 8.83. The lowest BCUT2D eigenvalue weighted by Gasteiger charge is -2.31. The standard InChI is InChI=1S/C17H34N2O/c1-3-6-15-7-5-11-19(12-9-15)16-8-10-17(13-16,14-20)18-4-2/h15-16,18,20H,3-14H2,1-2H3. The van der Waals surface area contributed by atoms with Crippen molar-refractivity contribution < 1.29 is 5.11 Å². The number of hydrogen-bond acceptors (Lipinski definition) is 3. The molecule has 2 fully saturated rings. The summed E-state index contributed by atoms with van der Waals surface area (Å²) in [5, 5.41) is 13.3. The minimum absolute atomic E-state index is 0.00847. The second kappa shape index (κ2) is 7.77.